The Balaban J connectivity index is 2.33. The fraction of sp³-hybridized carbons (Fsp3) is 0.167. The summed E-state index contributed by atoms with van der Waals surface area (Å²) in [5.41, 5.74) is 1.56. The van der Waals surface area contributed by atoms with Gasteiger partial charge in [0.15, 0.2) is 6.10 Å². The Morgan fingerprint density at radius 3 is 3.06 bits per heavy atom. The number of hydrogen-bond donors (Lipinski definition) is 2. The number of hydroxylamine groups is 1. The second-order valence-electron chi connectivity index (χ2n) is 3.59. The van der Waals surface area contributed by atoms with Crippen molar-refractivity contribution in [2.45, 2.75) is 13.0 Å². The Kier molecular flexibility index (Phi) is 3.20. The molecule has 0 spiro atoms. The lowest BCUT2D eigenvalue weighted by Gasteiger charge is -2.14. The topological polar surface area (TPSA) is 71.5 Å². The lowest BCUT2D eigenvalue weighted by atomic mass is 10.1. The number of carbonyl (C=O) groups excluding carboxylic acids is 1. The van der Waals surface area contributed by atoms with Crippen LogP contribution in [0.15, 0.2) is 36.7 Å². The Morgan fingerprint density at radius 2 is 2.29 bits per heavy atom. The highest BCUT2D eigenvalue weighted by atomic mass is 16.5. The average Bonchev–Trinajstić information content (AvgIpc) is 2.38. The minimum Gasteiger partial charge on any atom is -0.480 e. The fourth-order valence-corrected chi connectivity index (χ4v) is 1.53. The van der Waals surface area contributed by atoms with Gasteiger partial charge in [-0.3, -0.25) is 15.0 Å². The van der Waals surface area contributed by atoms with Gasteiger partial charge in [-0.2, -0.15) is 0 Å². The number of pyridine rings is 1. The van der Waals surface area contributed by atoms with Crippen LogP contribution < -0.4 is 10.2 Å². The van der Waals surface area contributed by atoms with Gasteiger partial charge in [0.25, 0.3) is 5.91 Å². The van der Waals surface area contributed by atoms with Crippen LogP contribution in [0.2, 0.25) is 0 Å². The third kappa shape index (κ3) is 2.34. The van der Waals surface area contributed by atoms with Crippen LogP contribution >= 0.6 is 0 Å². The van der Waals surface area contributed by atoms with E-state index >= 15 is 0 Å². The number of nitrogens with one attached hydrogen (secondary N) is 1. The van der Waals surface area contributed by atoms with Gasteiger partial charge in [-0.25, -0.2) is 5.48 Å². The fourth-order valence-electron chi connectivity index (χ4n) is 1.53. The molecular formula is C12H12N2O3. The molecule has 1 amide bonds. The first-order chi connectivity index (χ1) is 8.22. The van der Waals surface area contributed by atoms with Gasteiger partial charge in [-0.1, -0.05) is 12.1 Å². The van der Waals surface area contributed by atoms with Gasteiger partial charge in [0.1, 0.15) is 5.75 Å². The van der Waals surface area contributed by atoms with E-state index in [0.717, 1.165) is 10.8 Å². The normalized spacial score (nSPS) is 12.1. The molecule has 5 nitrogen and oxygen atoms in total. The standard InChI is InChI=1S/C12H12N2O3/c1-8(12(15)14-16)17-11-4-2-3-9-7-13-6-5-10(9)11/h2-8,16H,1H3,(H,14,15). The summed E-state index contributed by atoms with van der Waals surface area (Å²) in [6.07, 6.45) is 2.61. The van der Waals surface area contributed by atoms with E-state index in [9.17, 15) is 4.79 Å². The van der Waals surface area contributed by atoms with E-state index in [-0.39, 0.29) is 0 Å². The molecule has 1 aromatic heterocycles. The first-order valence-corrected chi connectivity index (χ1v) is 5.15. The monoisotopic (exact) mass is 232 g/mol. The molecular weight excluding hydrogens is 220 g/mol. The maximum atomic E-state index is 11.2. The van der Waals surface area contributed by atoms with E-state index in [2.05, 4.69) is 4.98 Å². The van der Waals surface area contributed by atoms with Crippen LogP contribution in [0.1, 0.15) is 6.92 Å². The summed E-state index contributed by atoms with van der Waals surface area (Å²) in [4.78, 5) is 15.2. The number of nitrogens with zero attached hydrogens (tertiary/aromatic N) is 1. The maximum absolute atomic E-state index is 11.2. The number of benzene rings is 1. The number of hydrogen-bond acceptors (Lipinski definition) is 4. The number of ether oxygens (including phenoxy) is 1. The summed E-state index contributed by atoms with van der Waals surface area (Å²) in [5.74, 6) is -0.00272. The summed E-state index contributed by atoms with van der Waals surface area (Å²) in [6.45, 7) is 1.56. The highest BCUT2D eigenvalue weighted by Crippen LogP contribution is 2.25. The summed E-state index contributed by atoms with van der Waals surface area (Å²) in [6, 6.07) is 7.31. The van der Waals surface area contributed by atoms with Crippen LogP contribution in [-0.4, -0.2) is 22.2 Å². The third-order valence-electron chi connectivity index (χ3n) is 2.42. The first-order valence-electron chi connectivity index (χ1n) is 5.15. The van der Waals surface area contributed by atoms with E-state index in [4.69, 9.17) is 9.94 Å². The highest BCUT2D eigenvalue weighted by Gasteiger charge is 2.14. The van der Waals surface area contributed by atoms with Crippen molar-refractivity contribution < 1.29 is 14.7 Å². The summed E-state index contributed by atoms with van der Waals surface area (Å²) in [7, 11) is 0. The average molecular weight is 232 g/mol. The molecule has 1 atom stereocenters. The molecule has 88 valence electrons. The molecule has 0 aliphatic rings. The number of amides is 1. The molecule has 1 aromatic carbocycles. The van der Waals surface area contributed by atoms with Crippen LogP contribution in [0.4, 0.5) is 0 Å². The van der Waals surface area contributed by atoms with Crippen molar-refractivity contribution in [3.63, 3.8) is 0 Å². The lowest BCUT2D eigenvalue weighted by molar-refractivity contribution is -0.135. The molecule has 0 radical (unpaired) electrons. The zero-order valence-corrected chi connectivity index (χ0v) is 9.25. The summed E-state index contributed by atoms with van der Waals surface area (Å²) >= 11 is 0. The van der Waals surface area contributed by atoms with Gasteiger partial charge in [0.05, 0.1) is 0 Å². The van der Waals surface area contributed by atoms with Crippen molar-refractivity contribution in [2.24, 2.45) is 0 Å². The van der Waals surface area contributed by atoms with Gasteiger partial charge in [0.2, 0.25) is 0 Å². The van der Waals surface area contributed by atoms with Gasteiger partial charge in [-0.05, 0) is 19.1 Å². The molecule has 0 bridgehead atoms. The predicted octanol–water partition coefficient (Wildman–Crippen LogP) is 1.51. The number of fused-ring (bicyclic) bond motifs is 1. The van der Waals surface area contributed by atoms with Gasteiger partial charge < -0.3 is 4.74 Å². The van der Waals surface area contributed by atoms with Crippen molar-refractivity contribution >= 4 is 16.7 Å². The molecule has 2 aromatic rings. The van der Waals surface area contributed by atoms with Crippen LogP contribution in [0.5, 0.6) is 5.75 Å². The molecule has 0 saturated heterocycles. The van der Waals surface area contributed by atoms with Crippen LogP contribution in [0, 0.1) is 0 Å². The minimum absolute atomic E-state index is 0.584. The molecule has 1 unspecified atom stereocenters. The maximum Gasteiger partial charge on any atom is 0.284 e. The zero-order valence-electron chi connectivity index (χ0n) is 9.25. The number of carbonyl (C=O) groups is 1. The van der Waals surface area contributed by atoms with Crippen molar-refractivity contribution in [1.82, 2.24) is 10.5 Å². The van der Waals surface area contributed by atoms with Crippen LogP contribution in [0.3, 0.4) is 0 Å². The molecule has 0 aliphatic heterocycles. The highest BCUT2D eigenvalue weighted by molar-refractivity contribution is 5.88. The first kappa shape index (κ1) is 11.3. The second-order valence-corrected chi connectivity index (χ2v) is 3.59. The zero-order chi connectivity index (χ0) is 12.3. The van der Waals surface area contributed by atoms with E-state index in [1.807, 2.05) is 18.2 Å². The molecule has 2 N–H and O–H groups in total. The quantitative estimate of drug-likeness (QED) is 0.621. The molecule has 0 fully saturated rings. The molecule has 1 heterocycles. The Hall–Kier alpha value is -2.14. The van der Waals surface area contributed by atoms with Crippen molar-refractivity contribution in [3.8, 4) is 5.75 Å². The molecule has 0 aliphatic carbocycles. The lowest BCUT2D eigenvalue weighted by Crippen LogP contribution is -2.34. The smallest absolute Gasteiger partial charge is 0.284 e. The molecule has 2 rings (SSSR count). The van der Waals surface area contributed by atoms with Crippen LogP contribution in [0.25, 0.3) is 10.8 Å². The van der Waals surface area contributed by atoms with E-state index in [1.54, 1.807) is 30.9 Å². The van der Waals surface area contributed by atoms with E-state index < -0.39 is 12.0 Å². The second kappa shape index (κ2) is 4.80. The summed E-state index contributed by atoms with van der Waals surface area (Å²) < 4.78 is 5.48. The van der Waals surface area contributed by atoms with Crippen molar-refractivity contribution in [2.75, 3.05) is 0 Å². The summed E-state index contributed by atoms with van der Waals surface area (Å²) in [5, 5.41) is 10.3. The van der Waals surface area contributed by atoms with Crippen molar-refractivity contribution in [3.05, 3.63) is 36.7 Å². The molecule has 0 saturated carbocycles. The molecule has 17 heavy (non-hydrogen) atoms. The van der Waals surface area contributed by atoms with Gasteiger partial charge in [0, 0.05) is 23.2 Å². The molecule has 5 heteroatoms. The Labute approximate surface area is 98.0 Å². The van der Waals surface area contributed by atoms with Crippen molar-refractivity contribution in [1.29, 1.82) is 0 Å². The van der Waals surface area contributed by atoms with Gasteiger partial charge >= 0.3 is 0 Å². The Morgan fingerprint density at radius 1 is 1.47 bits per heavy atom. The van der Waals surface area contributed by atoms with Crippen LogP contribution in [-0.2, 0) is 4.79 Å². The minimum atomic E-state index is -0.765. The largest absolute Gasteiger partial charge is 0.480 e. The SMILES string of the molecule is CC(Oc1cccc2cnccc12)C(=O)NO. The third-order valence-corrected chi connectivity index (χ3v) is 2.42. The van der Waals surface area contributed by atoms with Gasteiger partial charge in [-0.15, -0.1) is 0 Å². The van der Waals surface area contributed by atoms with E-state index in [0.29, 0.717) is 5.75 Å². The number of rotatable bonds is 3. The Bertz CT molecular complexity index is 537. The number of aromatic nitrogens is 1. The van der Waals surface area contributed by atoms with E-state index in [1.165, 1.54) is 0 Å². The predicted molar refractivity (Wildman–Crippen MR) is 61.8 cm³/mol.